The number of aryl methyl sites for hydroxylation is 8. The summed E-state index contributed by atoms with van der Waals surface area (Å²) in [4.78, 5) is 0. The zero-order valence-corrected chi connectivity index (χ0v) is 37.3. The fraction of sp³-hybridized carbons (Fsp3) is 0.186. The van der Waals surface area contributed by atoms with Crippen LogP contribution in [-0.4, -0.2) is 0 Å². The number of rotatable bonds is 6. The van der Waals surface area contributed by atoms with E-state index in [0.717, 1.165) is 25.7 Å². The van der Waals surface area contributed by atoms with Gasteiger partial charge in [0.2, 0.25) is 0 Å². The maximum Gasteiger partial charge on any atom is 0.0223 e. The number of hydrogen-bond donors (Lipinski definition) is 0. The molecule has 0 N–H and O–H groups in total. The fourth-order valence-corrected chi connectivity index (χ4v) is 15.9. The van der Waals surface area contributed by atoms with Crippen LogP contribution in [-0.2, 0) is 43.9 Å². The fourth-order valence-electron chi connectivity index (χ4n) is 10.7. The van der Waals surface area contributed by atoms with Crippen molar-refractivity contribution in [1.82, 2.24) is 0 Å². The Bertz CT molecular complexity index is 2690. The Morgan fingerprint density at radius 2 is 0.787 bits per heavy atom. The third kappa shape index (κ3) is 7.87. The molecule has 1 spiro atoms. The zero-order chi connectivity index (χ0) is 41.2. The number of hydrogen-bond acceptors (Lipinski definition) is 0. The first-order chi connectivity index (χ1) is 30.1. The lowest BCUT2D eigenvalue weighted by Crippen LogP contribution is -2.32. The van der Waals surface area contributed by atoms with E-state index in [-0.39, 0.29) is 5.41 Å². The van der Waals surface area contributed by atoms with Crippen molar-refractivity contribution >= 4 is 47.7 Å². The molecule has 8 aromatic carbocycles. The molecule has 0 saturated heterocycles. The highest BCUT2D eigenvalue weighted by atomic mass is 31.1. The molecule has 61 heavy (non-hydrogen) atoms. The van der Waals surface area contributed by atoms with E-state index in [4.69, 9.17) is 0 Å². The molecule has 0 radical (unpaired) electrons. The molecule has 2 heteroatoms. The van der Waals surface area contributed by atoms with Crippen LogP contribution < -0.4 is 31.8 Å². The maximum absolute atomic E-state index is 2.52. The molecule has 0 aliphatic heterocycles. The van der Waals surface area contributed by atoms with Crippen LogP contribution in [0.4, 0.5) is 0 Å². The summed E-state index contributed by atoms with van der Waals surface area (Å²) in [6.45, 7) is 4.59. The summed E-state index contributed by atoms with van der Waals surface area (Å²) in [5.41, 5.74) is 15.4. The summed E-state index contributed by atoms with van der Waals surface area (Å²) in [5, 5.41) is 8.86. The van der Waals surface area contributed by atoms with Gasteiger partial charge in [-0.05, 0) is 169 Å². The molecule has 4 bridgehead atoms. The van der Waals surface area contributed by atoms with E-state index in [1.807, 2.05) is 0 Å². The van der Waals surface area contributed by atoms with Crippen LogP contribution in [0.1, 0.15) is 68.5 Å². The lowest BCUT2D eigenvalue weighted by molar-refractivity contribution is 0.507. The Morgan fingerprint density at radius 1 is 0.328 bits per heavy atom. The van der Waals surface area contributed by atoms with E-state index < -0.39 is 15.8 Å². The minimum absolute atomic E-state index is 0.191. The van der Waals surface area contributed by atoms with Crippen LogP contribution in [0, 0.1) is 13.8 Å². The largest absolute Gasteiger partial charge is 0.0622 e. The van der Waals surface area contributed by atoms with Crippen molar-refractivity contribution in [3.05, 3.63) is 250 Å². The molecule has 0 heterocycles. The topological polar surface area (TPSA) is 0 Å². The summed E-state index contributed by atoms with van der Waals surface area (Å²) in [5.74, 6) is 0. The lowest BCUT2D eigenvalue weighted by atomic mass is 9.75. The van der Waals surface area contributed by atoms with E-state index in [2.05, 4.69) is 208 Å². The highest BCUT2D eigenvalue weighted by Crippen LogP contribution is 2.55. The molecule has 6 aliphatic carbocycles. The molecule has 0 unspecified atom stereocenters. The zero-order valence-electron chi connectivity index (χ0n) is 35.5. The molecule has 0 nitrogen and oxygen atoms in total. The van der Waals surface area contributed by atoms with Crippen molar-refractivity contribution in [2.45, 2.75) is 70.6 Å². The summed E-state index contributed by atoms with van der Waals surface area (Å²) >= 11 is 0. The molecule has 14 rings (SSSR count). The molecule has 0 fully saturated rings. The van der Waals surface area contributed by atoms with Crippen molar-refractivity contribution in [2.24, 2.45) is 0 Å². The molecular weight excluding hydrogens is 771 g/mol. The summed E-state index contributed by atoms with van der Waals surface area (Å²) < 4.78 is 0. The van der Waals surface area contributed by atoms with Crippen molar-refractivity contribution in [1.29, 1.82) is 0 Å². The Hall–Kier alpha value is -5.38. The predicted molar refractivity (Wildman–Crippen MR) is 265 cm³/mol. The van der Waals surface area contributed by atoms with Gasteiger partial charge in [-0.15, -0.1) is 0 Å². The minimum atomic E-state index is -0.590. The van der Waals surface area contributed by atoms with Crippen LogP contribution in [0.25, 0.3) is 0 Å². The summed E-state index contributed by atoms with van der Waals surface area (Å²) in [6.07, 6.45) is 9.31. The van der Waals surface area contributed by atoms with E-state index in [0.29, 0.717) is 0 Å². The molecule has 0 aromatic heterocycles. The SMILES string of the molecule is Cc1cc2ccc1CCc1ccc(c(P(c3ccccc3)c3ccccc3)c1)CC2.Cc1cccc2c1[C@@]1(CC2)CCc2cccc(P(c3ccccc3)c3ccccc3)c21. The standard InChI is InChI=1S/C30H27P.C29H27P/c1-22-10-8-11-23-18-20-30(28(22)23)21-19-24-12-9-17-27(29(24)30)31(25-13-4-2-5-14-25)26-15-6-3-7-16-26;1-22-20-23-12-16-25(22)17-13-24-15-19-26(18-14-23)29(21-24)30(27-8-4-2-5-9-27)28-10-6-3-7-11-28/h2-17H,18-21H2,1H3;2-12,15-16,19-21H,13-14,17-18H2,1H3/t30-;/m1./s1. The van der Waals surface area contributed by atoms with Gasteiger partial charge < -0.3 is 0 Å². The molecular formula is C59H54P2. The lowest BCUT2D eigenvalue weighted by Gasteiger charge is -2.33. The van der Waals surface area contributed by atoms with Crippen LogP contribution in [0.15, 0.2) is 194 Å². The van der Waals surface area contributed by atoms with Crippen molar-refractivity contribution in [2.75, 3.05) is 0 Å². The van der Waals surface area contributed by atoms with Gasteiger partial charge in [-0.2, -0.15) is 0 Å². The number of fused-ring (bicyclic) bond motifs is 4. The van der Waals surface area contributed by atoms with Gasteiger partial charge in [-0.25, -0.2) is 0 Å². The predicted octanol–water partition coefficient (Wildman–Crippen LogP) is 11.6. The van der Waals surface area contributed by atoms with Gasteiger partial charge in [0.15, 0.2) is 0 Å². The average Bonchev–Trinajstić information content (AvgIpc) is 3.88. The highest BCUT2D eigenvalue weighted by Gasteiger charge is 2.47. The maximum atomic E-state index is 2.52. The molecule has 6 aliphatic rings. The Morgan fingerprint density at radius 3 is 1.33 bits per heavy atom. The monoisotopic (exact) mass is 824 g/mol. The van der Waals surface area contributed by atoms with Crippen LogP contribution in [0.5, 0.6) is 0 Å². The van der Waals surface area contributed by atoms with Gasteiger partial charge in [-0.1, -0.05) is 194 Å². The van der Waals surface area contributed by atoms with E-state index in [9.17, 15) is 0 Å². The summed E-state index contributed by atoms with van der Waals surface area (Å²) in [7, 11) is -1.15. The highest BCUT2D eigenvalue weighted by molar-refractivity contribution is 7.80. The molecule has 0 saturated carbocycles. The Labute approximate surface area is 366 Å². The van der Waals surface area contributed by atoms with Crippen LogP contribution in [0.2, 0.25) is 0 Å². The van der Waals surface area contributed by atoms with E-state index in [1.54, 1.807) is 27.6 Å². The molecule has 1 atom stereocenters. The van der Waals surface area contributed by atoms with Gasteiger partial charge in [0.25, 0.3) is 0 Å². The molecule has 0 amide bonds. The first-order valence-electron chi connectivity index (χ1n) is 22.3. The van der Waals surface area contributed by atoms with Gasteiger partial charge in [-0.3, -0.25) is 0 Å². The normalized spacial score (nSPS) is 16.2. The van der Waals surface area contributed by atoms with Gasteiger partial charge in [0, 0.05) is 5.41 Å². The van der Waals surface area contributed by atoms with Crippen LogP contribution >= 0.6 is 15.8 Å². The summed E-state index contributed by atoms with van der Waals surface area (Å²) in [6, 6.07) is 73.0. The second-order valence-electron chi connectivity index (χ2n) is 17.2. The third-order valence-corrected chi connectivity index (χ3v) is 18.6. The van der Waals surface area contributed by atoms with Crippen molar-refractivity contribution < 1.29 is 0 Å². The first kappa shape index (κ1) is 39.7. The van der Waals surface area contributed by atoms with Crippen molar-refractivity contribution in [3.8, 4) is 0 Å². The van der Waals surface area contributed by atoms with Crippen molar-refractivity contribution in [3.63, 3.8) is 0 Å². The first-order valence-corrected chi connectivity index (χ1v) is 25.0. The van der Waals surface area contributed by atoms with Gasteiger partial charge in [0.05, 0.1) is 0 Å². The second kappa shape index (κ2) is 17.5. The number of benzene rings is 8. The second-order valence-corrected chi connectivity index (χ2v) is 21.6. The molecule has 8 aromatic rings. The van der Waals surface area contributed by atoms with Gasteiger partial charge >= 0.3 is 0 Å². The van der Waals surface area contributed by atoms with E-state index in [1.165, 1.54) is 85.6 Å². The average molecular weight is 825 g/mol. The van der Waals surface area contributed by atoms with Crippen LogP contribution in [0.3, 0.4) is 0 Å². The Kier molecular flexibility index (Phi) is 11.4. The minimum Gasteiger partial charge on any atom is -0.0622 e. The van der Waals surface area contributed by atoms with Gasteiger partial charge in [0.1, 0.15) is 0 Å². The quantitative estimate of drug-likeness (QED) is 0.147. The Balaban J connectivity index is 0.000000146. The van der Waals surface area contributed by atoms with E-state index >= 15 is 0 Å². The smallest absolute Gasteiger partial charge is 0.0223 e. The third-order valence-electron chi connectivity index (χ3n) is 13.5. The molecule has 300 valence electrons.